The number of rotatable bonds is 9. The highest BCUT2D eigenvalue weighted by Crippen LogP contribution is 2.51. The van der Waals surface area contributed by atoms with Crippen molar-refractivity contribution in [2.45, 2.75) is 38.8 Å². The summed E-state index contributed by atoms with van der Waals surface area (Å²) in [4.78, 5) is 17.3. The Labute approximate surface area is 204 Å². The number of piperidine rings is 1. The first-order valence-electron chi connectivity index (χ1n) is 12.2. The van der Waals surface area contributed by atoms with E-state index in [1.54, 1.807) is 13.1 Å². The molecule has 8 nitrogen and oxygen atoms in total. The third kappa shape index (κ3) is 5.47. The second-order valence-electron chi connectivity index (χ2n) is 9.58. The maximum atomic E-state index is 10.6. The average molecular weight is 475 g/mol. The first-order chi connectivity index (χ1) is 17.0. The number of aromatic nitrogens is 3. The van der Waals surface area contributed by atoms with Gasteiger partial charge in [-0.1, -0.05) is 17.0 Å². The lowest BCUT2D eigenvalue weighted by Gasteiger charge is -2.17. The Balaban J connectivity index is 1.12. The summed E-state index contributed by atoms with van der Waals surface area (Å²) in [7, 11) is 0. The number of likely N-dealkylation sites (tertiary alicyclic amines) is 1. The molecule has 3 heterocycles. The molecule has 0 amide bonds. The molecule has 8 heteroatoms. The van der Waals surface area contributed by atoms with Gasteiger partial charge in [0.05, 0.1) is 6.54 Å². The topological polar surface area (TPSA) is 105 Å². The summed E-state index contributed by atoms with van der Waals surface area (Å²) in [6, 6.07) is 9.93. The van der Waals surface area contributed by atoms with Gasteiger partial charge in [-0.25, -0.2) is 4.98 Å². The molecule has 2 fully saturated rings. The summed E-state index contributed by atoms with van der Waals surface area (Å²) in [6.07, 6.45) is 4.81. The Hall–Kier alpha value is -3.41. The van der Waals surface area contributed by atoms with E-state index in [4.69, 9.17) is 9.63 Å². The van der Waals surface area contributed by atoms with Crippen LogP contribution in [0.5, 0.6) is 0 Å². The molecule has 35 heavy (non-hydrogen) atoms. The molecule has 1 aromatic carbocycles. The molecule has 1 aliphatic heterocycles. The minimum atomic E-state index is -0.708. The van der Waals surface area contributed by atoms with E-state index in [1.807, 2.05) is 41.1 Å². The smallest absolute Gasteiger partial charge is 0.303 e. The Morgan fingerprint density at radius 2 is 2.00 bits per heavy atom. The van der Waals surface area contributed by atoms with Crippen molar-refractivity contribution in [1.82, 2.24) is 19.6 Å². The largest absolute Gasteiger partial charge is 0.481 e. The van der Waals surface area contributed by atoms with Gasteiger partial charge in [0.15, 0.2) is 5.76 Å². The van der Waals surface area contributed by atoms with Crippen LogP contribution in [-0.2, 0) is 11.3 Å². The predicted molar refractivity (Wildman–Crippen MR) is 129 cm³/mol. The highest BCUT2D eigenvalue weighted by molar-refractivity contribution is 5.66. The number of fused-ring (bicyclic) bond motifs is 1. The molecule has 0 radical (unpaired) electrons. The van der Waals surface area contributed by atoms with Crippen molar-refractivity contribution in [1.29, 1.82) is 0 Å². The minimum absolute atomic E-state index is 0.265. The van der Waals surface area contributed by atoms with Crippen LogP contribution in [0.4, 0.5) is 0 Å². The zero-order valence-electron chi connectivity index (χ0n) is 19.8. The zero-order chi connectivity index (χ0) is 24.4. The van der Waals surface area contributed by atoms with Gasteiger partial charge in [0.2, 0.25) is 0 Å². The predicted octanol–water partition coefficient (Wildman–Crippen LogP) is 3.42. The van der Waals surface area contributed by atoms with Crippen molar-refractivity contribution >= 4 is 5.97 Å². The lowest BCUT2D eigenvalue weighted by Crippen LogP contribution is -2.25. The minimum Gasteiger partial charge on any atom is -0.481 e. The van der Waals surface area contributed by atoms with Crippen LogP contribution in [0.2, 0.25) is 0 Å². The number of hydrogen-bond donors (Lipinski definition) is 2. The number of benzene rings is 1. The zero-order valence-corrected chi connectivity index (χ0v) is 19.8. The maximum absolute atomic E-state index is 10.6. The Morgan fingerprint density at radius 3 is 2.71 bits per heavy atom. The van der Waals surface area contributed by atoms with E-state index >= 15 is 0 Å². The molecule has 0 spiro atoms. The molecule has 1 saturated heterocycles. The summed E-state index contributed by atoms with van der Waals surface area (Å²) >= 11 is 0. The highest BCUT2D eigenvalue weighted by Gasteiger charge is 2.54. The molecular formula is C27H30N4O4. The van der Waals surface area contributed by atoms with Gasteiger partial charge in [-0.05, 0) is 62.4 Å². The van der Waals surface area contributed by atoms with E-state index < -0.39 is 12.1 Å². The number of hydrogen-bond acceptors (Lipinski definition) is 6. The molecule has 182 valence electrons. The standard InChI is InChI=1S/C27H30N4O4/c1-18(32)27-28-11-13-31(27)15-21-14-25(35-29-21)20-8-5-19(6-9-20)7-10-22-23-16-30(17-24(22)23)12-3-2-4-26(33)34/h5-6,8-9,11,13-14,18,22-24,32H,2-4,12,15-17H2,1H3,(H,33,34)/t18-,22-,23+,24-/m0/s1. The normalized spacial score (nSPS) is 21.8. The number of carboxylic acid groups (broad SMARTS) is 1. The molecule has 0 unspecified atom stereocenters. The molecule has 1 saturated carbocycles. The second-order valence-corrected chi connectivity index (χ2v) is 9.58. The van der Waals surface area contributed by atoms with Crippen molar-refractivity contribution in [2.24, 2.45) is 17.8 Å². The van der Waals surface area contributed by atoms with Crippen molar-refractivity contribution in [2.75, 3.05) is 19.6 Å². The van der Waals surface area contributed by atoms with Crippen LogP contribution in [0.3, 0.4) is 0 Å². The molecule has 2 aromatic heterocycles. The Morgan fingerprint density at radius 1 is 1.23 bits per heavy atom. The third-order valence-electron chi connectivity index (χ3n) is 6.95. The van der Waals surface area contributed by atoms with Gasteiger partial charge in [-0.3, -0.25) is 4.79 Å². The molecule has 2 aliphatic rings. The van der Waals surface area contributed by atoms with Gasteiger partial charge in [0, 0.05) is 55.0 Å². The van der Waals surface area contributed by atoms with Crippen LogP contribution < -0.4 is 0 Å². The van der Waals surface area contributed by atoms with E-state index in [9.17, 15) is 9.90 Å². The average Bonchev–Trinajstić information content (AvgIpc) is 3.32. The van der Waals surface area contributed by atoms with Gasteiger partial charge in [-0.2, -0.15) is 0 Å². The van der Waals surface area contributed by atoms with Crippen LogP contribution in [-0.4, -0.2) is 55.4 Å². The number of aliphatic hydroxyl groups is 1. The van der Waals surface area contributed by atoms with Crippen LogP contribution in [0.25, 0.3) is 11.3 Å². The number of carbonyl (C=O) groups is 1. The first kappa shape index (κ1) is 23.3. The third-order valence-corrected chi connectivity index (χ3v) is 6.95. The molecule has 3 aromatic rings. The number of nitrogens with zero attached hydrogens (tertiary/aromatic N) is 4. The molecule has 0 bridgehead atoms. The van der Waals surface area contributed by atoms with Gasteiger partial charge >= 0.3 is 5.97 Å². The number of carboxylic acids is 1. The fourth-order valence-corrected chi connectivity index (χ4v) is 5.03. The maximum Gasteiger partial charge on any atom is 0.303 e. The number of imidazole rings is 1. The van der Waals surface area contributed by atoms with Gasteiger partial charge in [0.1, 0.15) is 17.6 Å². The highest BCUT2D eigenvalue weighted by atomic mass is 16.5. The van der Waals surface area contributed by atoms with Crippen molar-refractivity contribution in [3.8, 4) is 23.2 Å². The van der Waals surface area contributed by atoms with Gasteiger partial charge in [-0.15, -0.1) is 0 Å². The summed E-state index contributed by atoms with van der Waals surface area (Å²) in [6.45, 7) is 5.34. The lowest BCUT2D eigenvalue weighted by molar-refractivity contribution is -0.137. The second kappa shape index (κ2) is 10.1. The summed E-state index contributed by atoms with van der Waals surface area (Å²) in [5.41, 5.74) is 2.70. The molecule has 4 atom stereocenters. The molecule has 2 N–H and O–H groups in total. The van der Waals surface area contributed by atoms with Crippen LogP contribution in [0, 0.1) is 29.6 Å². The van der Waals surface area contributed by atoms with E-state index in [0.717, 1.165) is 49.3 Å². The Kier molecular flexibility index (Phi) is 6.71. The van der Waals surface area contributed by atoms with Gasteiger partial charge < -0.3 is 24.2 Å². The number of unbranched alkanes of at least 4 members (excludes halogenated alkanes) is 1. The first-order valence-corrected chi connectivity index (χ1v) is 12.2. The molecule has 1 aliphatic carbocycles. The summed E-state index contributed by atoms with van der Waals surface area (Å²) in [5, 5.41) is 22.7. The van der Waals surface area contributed by atoms with E-state index in [0.29, 0.717) is 35.9 Å². The van der Waals surface area contributed by atoms with E-state index in [-0.39, 0.29) is 6.42 Å². The van der Waals surface area contributed by atoms with E-state index in [1.165, 1.54) is 0 Å². The molecule has 5 rings (SSSR count). The molecular weight excluding hydrogens is 444 g/mol. The summed E-state index contributed by atoms with van der Waals surface area (Å²) in [5.74, 6) is 9.19. The fraction of sp³-hybridized carbons (Fsp3) is 0.444. The summed E-state index contributed by atoms with van der Waals surface area (Å²) < 4.78 is 7.40. The van der Waals surface area contributed by atoms with Crippen LogP contribution in [0.15, 0.2) is 47.2 Å². The van der Waals surface area contributed by atoms with Crippen molar-refractivity contribution < 1.29 is 19.5 Å². The van der Waals surface area contributed by atoms with Crippen LogP contribution >= 0.6 is 0 Å². The monoisotopic (exact) mass is 474 g/mol. The Bertz CT molecular complexity index is 1220. The van der Waals surface area contributed by atoms with E-state index in [2.05, 4.69) is 26.9 Å². The van der Waals surface area contributed by atoms with Crippen molar-refractivity contribution in [3.05, 3.63) is 59.8 Å². The van der Waals surface area contributed by atoms with Gasteiger partial charge in [0.25, 0.3) is 0 Å². The lowest BCUT2D eigenvalue weighted by atomic mass is 10.1. The number of aliphatic hydroxyl groups excluding tert-OH is 1. The quantitative estimate of drug-likeness (QED) is 0.362. The van der Waals surface area contributed by atoms with Crippen molar-refractivity contribution in [3.63, 3.8) is 0 Å². The van der Waals surface area contributed by atoms with Crippen LogP contribution in [0.1, 0.15) is 49.4 Å². The SMILES string of the molecule is C[C@H](O)c1nccn1Cc1cc(-c2ccc(C#C[C@H]3[C@H]4CN(CCCCC(=O)O)C[C@@H]34)cc2)on1. The fourth-order valence-electron chi connectivity index (χ4n) is 5.03. The number of aliphatic carboxylic acids is 1.